The summed E-state index contributed by atoms with van der Waals surface area (Å²) in [6.07, 6.45) is 2.16. The number of nitrogens with one attached hydrogen (secondary N) is 1. The molecule has 3 amide bonds. The third kappa shape index (κ3) is 4.56. The van der Waals surface area contributed by atoms with Gasteiger partial charge in [0.1, 0.15) is 0 Å². The van der Waals surface area contributed by atoms with Crippen LogP contribution in [0.3, 0.4) is 0 Å². The fraction of sp³-hybridized carbons (Fsp3) is 0.625. The van der Waals surface area contributed by atoms with Crippen molar-refractivity contribution < 1.29 is 14.4 Å². The summed E-state index contributed by atoms with van der Waals surface area (Å²) in [5.41, 5.74) is 0.911. The van der Waals surface area contributed by atoms with Gasteiger partial charge in [0.05, 0.1) is 11.6 Å². The highest BCUT2D eigenvalue weighted by Crippen LogP contribution is 2.12. The molecule has 1 aliphatic heterocycles. The second kappa shape index (κ2) is 7.94. The maximum absolute atomic E-state index is 12.5. The van der Waals surface area contributed by atoms with Crippen molar-refractivity contribution in [1.29, 1.82) is 0 Å². The van der Waals surface area contributed by atoms with Gasteiger partial charge in [-0.3, -0.25) is 19.1 Å². The van der Waals surface area contributed by atoms with E-state index in [4.69, 9.17) is 0 Å². The standard InChI is InChI=1S/C16H25N5O3/c1-12-4-6-21(18-12)7-5-15(23)20-9-8-19(13(2)22)10-14(11-20)16(24)17-3/h4,6,14H,5,7-11H2,1-3H3,(H,17,24)/t14-/m1/s1. The molecule has 0 unspecified atom stereocenters. The molecule has 2 heterocycles. The van der Waals surface area contributed by atoms with Gasteiger partial charge in [-0.25, -0.2) is 0 Å². The molecule has 1 aromatic heterocycles. The van der Waals surface area contributed by atoms with Gasteiger partial charge in [0.25, 0.3) is 0 Å². The van der Waals surface area contributed by atoms with Crippen LogP contribution in [0, 0.1) is 12.8 Å². The SMILES string of the molecule is CNC(=O)[C@@H]1CN(C(C)=O)CCN(C(=O)CCn2ccc(C)n2)C1. The number of hydrogen-bond acceptors (Lipinski definition) is 4. The van der Waals surface area contributed by atoms with Crippen molar-refractivity contribution in [1.82, 2.24) is 24.9 Å². The summed E-state index contributed by atoms with van der Waals surface area (Å²) in [7, 11) is 1.57. The van der Waals surface area contributed by atoms with Crippen LogP contribution in [0.4, 0.5) is 0 Å². The van der Waals surface area contributed by atoms with E-state index in [1.807, 2.05) is 19.2 Å². The van der Waals surface area contributed by atoms with Crippen LogP contribution >= 0.6 is 0 Å². The molecule has 0 radical (unpaired) electrons. The van der Waals surface area contributed by atoms with Crippen LogP contribution in [0.1, 0.15) is 19.0 Å². The van der Waals surface area contributed by atoms with Crippen LogP contribution < -0.4 is 5.32 Å². The van der Waals surface area contributed by atoms with Gasteiger partial charge in [0.2, 0.25) is 17.7 Å². The summed E-state index contributed by atoms with van der Waals surface area (Å²) < 4.78 is 1.74. The summed E-state index contributed by atoms with van der Waals surface area (Å²) in [4.78, 5) is 39.5. The van der Waals surface area contributed by atoms with E-state index in [2.05, 4.69) is 10.4 Å². The molecule has 132 valence electrons. The van der Waals surface area contributed by atoms with Crippen molar-refractivity contribution >= 4 is 17.7 Å². The highest BCUT2D eigenvalue weighted by molar-refractivity contribution is 5.82. The zero-order valence-electron chi connectivity index (χ0n) is 14.5. The molecule has 24 heavy (non-hydrogen) atoms. The van der Waals surface area contributed by atoms with E-state index >= 15 is 0 Å². The van der Waals surface area contributed by atoms with Crippen LogP contribution in [-0.4, -0.2) is 70.5 Å². The molecule has 1 saturated heterocycles. The van der Waals surface area contributed by atoms with Crippen molar-refractivity contribution in [2.75, 3.05) is 33.2 Å². The van der Waals surface area contributed by atoms with Crippen molar-refractivity contribution in [2.24, 2.45) is 5.92 Å². The topological polar surface area (TPSA) is 87.5 Å². The first-order valence-corrected chi connectivity index (χ1v) is 8.15. The quantitative estimate of drug-likeness (QED) is 0.814. The molecular formula is C16H25N5O3. The number of rotatable bonds is 4. The van der Waals surface area contributed by atoms with E-state index in [1.165, 1.54) is 6.92 Å². The van der Waals surface area contributed by atoms with E-state index in [0.29, 0.717) is 39.1 Å². The average Bonchev–Trinajstić information content (AvgIpc) is 2.84. The van der Waals surface area contributed by atoms with Crippen LogP contribution in [0.25, 0.3) is 0 Å². The van der Waals surface area contributed by atoms with Crippen molar-refractivity contribution in [3.05, 3.63) is 18.0 Å². The number of amides is 3. The van der Waals surface area contributed by atoms with Crippen molar-refractivity contribution in [3.63, 3.8) is 0 Å². The summed E-state index contributed by atoms with van der Waals surface area (Å²) in [6.45, 7) is 5.47. The molecule has 0 aromatic carbocycles. The molecule has 1 atom stereocenters. The Morgan fingerprint density at radius 2 is 1.92 bits per heavy atom. The second-order valence-corrected chi connectivity index (χ2v) is 6.09. The van der Waals surface area contributed by atoms with E-state index in [1.54, 1.807) is 21.5 Å². The van der Waals surface area contributed by atoms with Crippen LogP contribution in [0.5, 0.6) is 0 Å². The molecule has 8 nitrogen and oxygen atoms in total. The summed E-state index contributed by atoms with van der Waals surface area (Å²) in [5, 5.41) is 6.88. The molecule has 0 aliphatic carbocycles. The fourth-order valence-electron chi connectivity index (χ4n) is 2.85. The largest absolute Gasteiger partial charge is 0.359 e. The predicted octanol–water partition coefficient (Wildman–Crippen LogP) is -0.365. The first-order chi connectivity index (χ1) is 11.4. The highest BCUT2D eigenvalue weighted by atomic mass is 16.2. The zero-order valence-corrected chi connectivity index (χ0v) is 14.5. The van der Waals surface area contributed by atoms with Gasteiger partial charge in [-0.1, -0.05) is 0 Å². The first kappa shape index (κ1) is 18.0. The van der Waals surface area contributed by atoms with Crippen molar-refractivity contribution in [2.45, 2.75) is 26.8 Å². The molecular weight excluding hydrogens is 310 g/mol. The Bertz CT molecular complexity index is 613. The summed E-state index contributed by atoms with van der Waals surface area (Å²) >= 11 is 0. The molecule has 0 bridgehead atoms. The van der Waals surface area contributed by atoms with Crippen LogP contribution in [0.2, 0.25) is 0 Å². The Morgan fingerprint density at radius 1 is 1.25 bits per heavy atom. The number of hydrogen-bond donors (Lipinski definition) is 1. The molecule has 1 aliphatic rings. The van der Waals surface area contributed by atoms with Crippen LogP contribution in [0.15, 0.2) is 12.3 Å². The monoisotopic (exact) mass is 335 g/mol. The Balaban J connectivity index is 2.00. The average molecular weight is 335 g/mol. The predicted molar refractivity (Wildman–Crippen MR) is 88.0 cm³/mol. The van der Waals surface area contributed by atoms with Gasteiger partial charge in [-0.15, -0.1) is 0 Å². The Kier molecular flexibility index (Phi) is 5.94. The molecule has 1 aromatic rings. The van der Waals surface area contributed by atoms with Crippen LogP contribution in [-0.2, 0) is 20.9 Å². The number of carbonyl (C=O) groups excluding carboxylic acids is 3. The maximum Gasteiger partial charge on any atom is 0.226 e. The molecule has 2 rings (SSSR count). The molecule has 0 saturated carbocycles. The summed E-state index contributed by atoms with van der Waals surface area (Å²) in [5.74, 6) is -0.659. The number of carbonyl (C=O) groups is 3. The van der Waals surface area contributed by atoms with E-state index < -0.39 is 5.92 Å². The molecule has 0 spiro atoms. The maximum atomic E-state index is 12.5. The number of aryl methyl sites for hydroxylation is 2. The normalized spacial score (nSPS) is 18.2. The fourth-order valence-corrected chi connectivity index (χ4v) is 2.85. The van der Waals surface area contributed by atoms with E-state index in [0.717, 1.165) is 5.69 Å². The minimum absolute atomic E-state index is 0.0255. The number of aromatic nitrogens is 2. The van der Waals surface area contributed by atoms with Gasteiger partial charge in [0, 0.05) is 59.3 Å². The lowest BCUT2D eigenvalue weighted by atomic mass is 10.1. The highest BCUT2D eigenvalue weighted by Gasteiger charge is 2.30. The third-order valence-electron chi connectivity index (χ3n) is 4.27. The van der Waals surface area contributed by atoms with Gasteiger partial charge in [-0.05, 0) is 13.0 Å². The summed E-state index contributed by atoms with van der Waals surface area (Å²) in [6, 6.07) is 1.89. The van der Waals surface area contributed by atoms with Crippen molar-refractivity contribution in [3.8, 4) is 0 Å². The second-order valence-electron chi connectivity index (χ2n) is 6.09. The lowest BCUT2D eigenvalue weighted by Gasteiger charge is -2.23. The minimum Gasteiger partial charge on any atom is -0.359 e. The Morgan fingerprint density at radius 3 is 2.50 bits per heavy atom. The lowest BCUT2D eigenvalue weighted by Crippen LogP contribution is -2.42. The van der Waals surface area contributed by atoms with Gasteiger partial charge in [0.15, 0.2) is 0 Å². The molecule has 8 heteroatoms. The lowest BCUT2D eigenvalue weighted by molar-refractivity contribution is -0.133. The molecule has 1 N–H and O–H groups in total. The van der Waals surface area contributed by atoms with E-state index in [-0.39, 0.29) is 17.7 Å². The number of nitrogens with zero attached hydrogens (tertiary/aromatic N) is 4. The first-order valence-electron chi connectivity index (χ1n) is 8.15. The zero-order chi connectivity index (χ0) is 17.7. The van der Waals surface area contributed by atoms with Gasteiger partial charge in [-0.2, -0.15) is 5.10 Å². The third-order valence-corrected chi connectivity index (χ3v) is 4.27. The van der Waals surface area contributed by atoms with Gasteiger partial charge >= 0.3 is 0 Å². The minimum atomic E-state index is -0.405. The van der Waals surface area contributed by atoms with E-state index in [9.17, 15) is 14.4 Å². The Labute approximate surface area is 141 Å². The smallest absolute Gasteiger partial charge is 0.226 e. The molecule has 1 fully saturated rings. The Hall–Kier alpha value is -2.38. The van der Waals surface area contributed by atoms with Gasteiger partial charge < -0.3 is 15.1 Å².